The molecule has 0 unspecified atom stereocenters. The zero-order chi connectivity index (χ0) is 42.0. The van der Waals surface area contributed by atoms with Gasteiger partial charge in [0.05, 0.1) is 0 Å². The Kier molecular flexibility index (Phi) is 10.1. The minimum absolute atomic E-state index is 0. The summed E-state index contributed by atoms with van der Waals surface area (Å²) in [6.07, 6.45) is 1.82. The summed E-state index contributed by atoms with van der Waals surface area (Å²) in [7, 11) is -0.656. The largest absolute Gasteiger partial charge is 0.730 e. The first-order chi connectivity index (χ1) is 30.3. The average molecular weight is 1000 g/mol. The fraction of sp³-hybridized carbons (Fsp3) is 0.111. The Morgan fingerprint density at radius 2 is 1.24 bits per heavy atom. The molecule has 11 rings (SSSR count). The number of benzene rings is 7. The van der Waals surface area contributed by atoms with Crippen LogP contribution >= 0.6 is 0 Å². The standard InChI is InChI=1S/C54H42BN4O3.Pt/c1-53(2,3)45-32-33-56-52-51(45)62-55-59(52)48-35-42(30-31-49(48)61-55)60-41-25-16-24-40(34-41)57-36-58(47-29-15-14-28-46(47)57)50-43(37-18-8-5-9-19-37)26-17-27-44(50)54(4,38-20-10-6-11-21-38)39-22-12-7-13-23-39;/h5-33,36H,1-4H3;/q-3;. The van der Waals surface area contributed by atoms with Crippen molar-refractivity contribution in [2.75, 3.05) is 14.6 Å². The molecule has 0 atom stereocenters. The van der Waals surface area contributed by atoms with Gasteiger partial charge in [-0.1, -0.05) is 142 Å². The molecule has 0 aliphatic carbocycles. The molecule has 7 nitrogen and oxygen atoms in total. The maximum atomic E-state index is 6.55. The van der Waals surface area contributed by atoms with E-state index in [1.54, 1.807) is 0 Å². The van der Waals surface area contributed by atoms with Crippen molar-refractivity contribution in [1.82, 2.24) is 4.98 Å². The molecule has 1 aromatic heterocycles. The van der Waals surface area contributed by atoms with E-state index in [1.165, 1.54) is 16.7 Å². The number of hydrogen-bond donors (Lipinski definition) is 0. The van der Waals surface area contributed by atoms with Crippen LogP contribution in [0.2, 0.25) is 0 Å². The van der Waals surface area contributed by atoms with E-state index in [0.717, 1.165) is 45.2 Å². The van der Waals surface area contributed by atoms with E-state index in [4.69, 9.17) is 19.0 Å². The Hall–Kier alpha value is -6.76. The molecular formula is C54H42BN4O3Pt-3. The fourth-order valence-electron chi connectivity index (χ4n) is 9.06. The zero-order valence-electron chi connectivity index (χ0n) is 35.2. The molecule has 312 valence electrons. The molecule has 3 aliphatic heterocycles. The second kappa shape index (κ2) is 15.9. The smallest absolute Gasteiger partial charge is 0.568 e. The summed E-state index contributed by atoms with van der Waals surface area (Å²) in [5, 5.41) is 0. The molecule has 0 saturated carbocycles. The SMILES string of the molecule is CC(C)(C)c1ccnc2c1OB1Oc3ccc(Oc4[c-]c(N5[CH-]N(c6c(-c7ccccc7)cccc6C(C)(c6ccccc6)c6ccccc6)c6ccccc65)ccc4)[c-]c3N12.[Pt]. The molecule has 0 amide bonds. The summed E-state index contributed by atoms with van der Waals surface area (Å²) in [6.45, 7) is 11.0. The Balaban J connectivity index is 0.00000471. The number of hydrogen-bond acceptors (Lipinski definition) is 7. The van der Waals surface area contributed by atoms with E-state index in [2.05, 4.69) is 196 Å². The molecule has 7 aromatic carbocycles. The second-order valence-corrected chi connectivity index (χ2v) is 17.0. The van der Waals surface area contributed by atoms with E-state index < -0.39 is 12.7 Å². The van der Waals surface area contributed by atoms with Crippen LogP contribution in [0.1, 0.15) is 49.9 Å². The van der Waals surface area contributed by atoms with Crippen molar-refractivity contribution < 1.29 is 35.1 Å². The Bertz CT molecular complexity index is 2920. The van der Waals surface area contributed by atoms with Crippen LogP contribution in [0.15, 0.2) is 176 Å². The monoisotopic (exact) mass is 1000 g/mol. The van der Waals surface area contributed by atoms with Crippen LogP contribution in [0.25, 0.3) is 11.1 Å². The van der Waals surface area contributed by atoms with E-state index in [0.29, 0.717) is 28.8 Å². The van der Waals surface area contributed by atoms with Crippen LogP contribution in [0, 0.1) is 18.8 Å². The van der Waals surface area contributed by atoms with Gasteiger partial charge in [-0.3, -0.25) is 0 Å². The first-order valence-electron chi connectivity index (χ1n) is 21.0. The van der Waals surface area contributed by atoms with Gasteiger partial charge in [0.15, 0.2) is 5.82 Å². The van der Waals surface area contributed by atoms with Crippen LogP contribution in [0.5, 0.6) is 23.0 Å². The number of anilines is 6. The molecule has 3 aliphatic rings. The van der Waals surface area contributed by atoms with Gasteiger partial charge in [-0.2, -0.15) is 6.07 Å². The number of rotatable bonds is 8. The number of para-hydroxylation sites is 3. The van der Waals surface area contributed by atoms with Gasteiger partial charge in [0, 0.05) is 78.1 Å². The molecule has 4 heterocycles. The minimum Gasteiger partial charge on any atom is -0.568 e. The summed E-state index contributed by atoms with van der Waals surface area (Å²) in [5.74, 6) is 3.17. The van der Waals surface area contributed by atoms with Gasteiger partial charge in [-0.15, -0.1) is 48.8 Å². The average Bonchev–Trinajstić information content (AvgIpc) is 3.99. The Morgan fingerprint density at radius 1 is 0.603 bits per heavy atom. The molecule has 0 N–H and O–H groups in total. The van der Waals surface area contributed by atoms with Gasteiger partial charge in [0.25, 0.3) is 0 Å². The first kappa shape index (κ1) is 40.3. The molecule has 63 heavy (non-hydrogen) atoms. The predicted molar refractivity (Wildman–Crippen MR) is 248 cm³/mol. The van der Waals surface area contributed by atoms with Crippen LogP contribution in [-0.4, -0.2) is 12.2 Å². The van der Waals surface area contributed by atoms with Crippen molar-refractivity contribution in [2.45, 2.75) is 38.5 Å². The van der Waals surface area contributed by atoms with E-state index in [-0.39, 0.29) is 26.5 Å². The first-order valence-corrected chi connectivity index (χ1v) is 21.0. The summed E-state index contributed by atoms with van der Waals surface area (Å²) in [5.41, 5.74) is 11.0. The third-order valence-corrected chi connectivity index (χ3v) is 12.1. The minimum atomic E-state index is -0.656. The van der Waals surface area contributed by atoms with E-state index >= 15 is 0 Å². The van der Waals surface area contributed by atoms with Crippen LogP contribution < -0.4 is 28.7 Å². The summed E-state index contributed by atoms with van der Waals surface area (Å²) in [4.78, 5) is 11.2. The van der Waals surface area contributed by atoms with Crippen molar-refractivity contribution >= 4 is 41.5 Å². The van der Waals surface area contributed by atoms with Crippen LogP contribution in [0.4, 0.5) is 34.3 Å². The number of ether oxygens (including phenoxy) is 1. The van der Waals surface area contributed by atoms with Gasteiger partial charge in [0.1, 0.15) is 5.75 Å². The van der Waals surface area contributed by atoms with Gasteiger partial charge in [-0.25, -0.2) is 4.98 Å². The maximum absolute atomic E-state index is 6.55. The molecule has 9 heteroatoms. The molecule has 0 bridgehead atoms. The number of aromatic nitrogens is 1. The predicted octanol–water partition coefficient (Wildman–Crippen LogP) is 13.1. The van der Waals surface area contributed by atoms with Gasteiger partial charge in [-0.05, 0) is 58.5 Å². The van der Waals surface area contributed by atoms with Crippen molar-refractivity contribution in [3.05, 3.63) is 217 Å². The Labute approximate surface area is 384 Å². The van der Waals surface area contributed by atoms with Crippen molar-refractivity contribution in [1.29, 1.82) is 0 Å². The molecule has 8 aromatic rings. The van der Waals surface area contributed by atoms with Crippen molar-refractivity contribution in [3.63, 3.8) is 0 Å². The molecule has 0 radical (unpaired) electrons. The van der Waals surface area contributed by atoms with E-state index in [9.17, 15) is 0 Å². The van der Waals surface area contributed by atoms with Crippen LogP contribution in [0.3, 0.4) is 0 Å². The van der Waals surface area contributed by atoms with Crippen LogP contribution in [-0.2, 0) is 31.9 Å². The molecular weight excluding hydrogens is 959 g/mol. The fourth-order valence-corrected chi connectivity index (χ4v) is 9.06. The van der Waals surface area contributed by atoms with Crippen molar-refractivity contribution in [3.8, 4) is 34.1 Å². The maximum Gasteiger partial charge on any atom is 0.730 e. The summed E-state index contributed by atoms with van der Waals surface area (Å²) in [6, 6.07) is 66.3. The molecule has 0 spiro atoms. The number of pyridine rings is 1. The zero-order valence-corrected chi connectivity index (χ0v) is 37.5. The Morgan fingerprint density at radius 3 is 1.94 bits per heavy atom. The van der Waals surface area contributed by atoms with Crippen molar-refractivity contribution in [2.24, 2.45) is 0 Å². The molecule has 0 fully saturated rings. The topological polar surface area (TPSA) is 50.3 Å². The normalized spacial score (nSPS) is 13.7. The van der Waals surface area contributed by atoms with E-state index in [1.807, 2.05) is 41.3 Å². The van der Waals surface area contributed by atoms with Gasteiger partial charge >= 0.3 is 7.25 Å². The van der Waals surface area contributed by atoms with Gasteiger partial charge in [0.2, 0.25) is 0 Å². The summed E-state index contributed by atoms with van der Waals surface area (Å²) < 4.78 is 19.1. The quantitative estimate of drug-likeness (QED) is 0.0854. The third-order valence-electron chi connectivity index (χ3n) is 12.1. The van der Waals surface area contributed by atoms with Gasteiger partial charge < -0.3 is 28.7 Å². The second-order valence-electron chi connectivity index (χ2n) is 17.0. The number of nitrogens with zero attached hydrogens (tertiary/aromatic N) is 4. The summed E-state index contributed by atoms with van der Waals surface area (Å²) >= 11 is 0. The third kappa shape index (κ3) is 6.85. The number of fused-ring (bicyclic) bond motifs is 6. The molecule has 0 saturated heterocycles.